The molecule has 1 atom stereocenters. The van der Waals surface area contributed by atoms with Gasteiger partial charge in [-0.2, -0.15) is 10.1 Å². The summed E-state index contributed by atoms with van der Waals surface area (Å²) in [5, 5.41) is 4.05. The number of nitrogens with zero attached hydrogens (tertiary/aromatic N) is 5. The topological polar surface area (TPSA) is 73.1 Å². The zero-order chi connectivity index (χ0) is 14.7. The molecule has 0 saturated carbocycles. The molecule has 0 spiro atoms. The van der Waals surface area contributed by atoms with Gasteiger partial charge < -0.3 is 9.64 Å². The van der Waals surface area contributed by atoms with Gasteiger partial charge in [-0.1, -0.05) is 0 Å². The Morgan fingerprint density at radius 1 is 1.48 bits per heavy atom. The van der Waals surface area contributed by atoms with Crippen LogP contribution in [0.5, 0.6) is 5.88 Å². The zero-order valence-electron chi connectivity index (χ0n) is 11.8. The Labute approximate surface area is 122 Å². The van der Waals surface area contributed by atoms with Crippen LogP contribution in [0.3, 0.4) is 0 Å². The standard InChI is InChI=1S/C14H17N5O2/c1-11-15-6-3-13(17-11)21-12-4-8-18(9-12)14(20)10-19-7-2-5-16-19/h2-3,5-7,12H,4,8-10H2,1H3. The van der Waals surface area contributed by atoms with Gasteiger partial charge in [0.05, 0.1) is 6.54 Å². The van der Waals surface area contributed by atoms with E-state index in [-0.39, 0.29) is 18.6 Å². The fourth-order valence-electron chi connectivity index (χ4n) is 2.35. The quantitative estimate of drug-likeness (QED) is 0.826. The molecule has 0 radical (unpaired) electrons. The van der Waals surface area contributed by atoms with Crippen molar-refractivity contribution in [1.82, 2.24) is 24.6 Å². The van der Waals surface area contributed by atoms with Crippen LogP contribution in [0.25, 0.3) is 0 Å². The molecule has 1 amide bonds. The van der Waals surface area contributed by atoms with E-state index < -0.39 is 0 Å². The monoisotopic (exact) mass is 287 g/mol. The zero-order valence-corrected chi connectivity index (χ0v) is 11.8. The highest BCUT2D eigenvalue weighted by Gasteiger charge is 2.28. The fraction of sp³-hybridized carbons (Fsp3) is 0.429. The summed E-state index contributed by atoms with van der Waals surface area (Å²) in [6, 6.07) is 3.54. The lowest BCUT2D eigenvalue weighted by Crippen LogP contribution is -2.33. The molecule has 110 valence electrons. The number of hydrogen-bond acceptors (Lipinski definition) is 5. The molecular formula is C14H17N5O2. The van der Waals surface area contributed by atoms with E-state index in [4.69, 9.17) is 4.74 Å². The van der Waals surface area contributed by atoms with Crippen molar-refractivity contribution in [2.24, 2.45) is 0 Å². The minimum Gasteiger partial charge on any atom is -0.472 e. The molecule has 3 rings (SSSR count). The predicted octanol–water partition coefficient (Wildman–Crippen LogP) is 0.661. The van der Waals surface area contributed by atoms with E-state index in [1.165, 1.54) is 0 Å². The van der Waals surface area contributed by atoms with Crippen LogP contribution >= 0.6 is 0 Å². The van der Waals surface area contributed by atoms with Crippen LogP contribution in [0.1, 0.15) is 12.2 Å². The Hall–Kier alpha value is -2.44. The number of ether oxygens (including phenoxy) is 1. The summed E-state index contributed by atoms with van der Waals surface area (Å²) in [6.45, 7) is 3.38. The Balaban J connectivity index is 1.54. The molecule has 1 fully saturated rings. The number of hydrogen-bond donors (Lipinski definition) is 0. The van der Waals surface area contributed by atoms with Gasteiger partial charge in [-0.25, -0.2) is 4.98 Å². The maximum absolute atomic E-state index is 12.1. The van der Waals surface area contributed by atoms with Gasteiger partial charge in [-0.05, 0) is 13.0 Å². The number of carbonyl (C=O) groups is 1. The van der Waals surface area contributed by atoms with Gasteiger partial charge in [-0.15, -0.1) is 0 Å². The molecular weight excluding hydrogens is 270 g/mol. The summed E-state index contributed by atoms with van der Waals surface area (Å²) in [4.78, 5) is 22.2. The van der Waals surface area contributed by atoms with Crippen molar-refractivity contribution in [2.45, 2.75) is 26.0 Å². The summed E-state index contributed by atoms with van der Waals surface area (Å²) in [7, 11) is 0. The highest BCUT2D eigenvalue weighted by molar-refractivity contribution is 5.76. The van der Waals surface area contributed by atoms with E-state index in [0.29, 0.717) is 24.8 Å². The Kier molecular flexibility index (Phi) is 3.81. The van der Waals surface area contributed by atoms with Gasteiger partial charge in [0.1, 0.15) is 18.5 Å². The molecule has 3 heterocycles. The first-order chi connectivity index (χ1) is 10.2. The summed E-state index contributed by atoms with van der Waals surface area (Å²) < 4.78 is 7.43. The second kappa shape index (κ2) is 5.90. The second-order valence-corrected chi connectivity index (χ2v) is 5.01. The average molecular weight is 287 g/mol. The van der Waals surface area contributed by atoms with E-state index in [2.05, 4.69) is 15.1 Å². The SMILES string of the molecule is Cc1nccc(OC2CCN(C(=O)Cn3cccn3)C2)n1. The van der Waals surface area contributed by atoms with Gasteiger partial charge in [0.25, 0.3) is 0 Å². The van der Waals surface area contributed by atoms with E-state index >= 15 is 0 Å². The summed E-state index contributed by atoms with van der Waals surface area (Å²) in [6.07, 6.45) is 5.92. The minimum atomic E-state index is -0.0131. The summed E-state index contributed by atoms with van der Waals surface area (Å²) in [5.41, 5.74) is 0. The second-order valence-electron chi connectivity index (χ2n) is 5.01. The van der Waals surface area contributed by atoms with Crippen LogP contribution < -0.4 is 4.74 Å². The molecule has 2 aromatic rings. The van der Waals surface area contributed by atoms with Crippen LogP contribution in [-0.4, -0.2) is 49.7 Å². The molecule has 1 aliphatic heterocycles. The van der Waals surface area contributed by atoms with Crippen LogP contribution in [0.2, 0.25) is 0 Å². The molecule has 0 bridgehead atoms. The molecule has 0 aromatic carbocycles. The molecule has 1 saturated heterocycles. The lowest BCUT2D eigenvalue weighted by molar-refractivity contribution is -0.131. The van der Waals surface area contributed by atoms with Gasteiger partial charge in [0, 0.05) is 37.6 Å². The van der Waals surface area contributed by atoms with Gasteiger partial charge in [0.15, 0.2) is 0 Å². The van der Waals surface area contributed by atoms with E-state index in [9.17, 15) is 4.79 Å². The number of rotatable bonds is 4. The lowest BCUT2D eigenvalue weighted by atomic mass is 10.3. The fourth-order valence-corrected chi connectivity index (χ4v) is 2.35. The first-order valence-corrected chi connectivity index (χ1v) is 6.92. The normalized spacial score (nSPS) is 18.0. The molecule has 21 heavy (non-hydrogen) atoms. The minimum absolute atomic E-state index is 0.0131. The Morgan fingerprint density at radius 2 is 2.38 bits per heavy atom. The molecule has 1 aliphatic rings. The largest absolute Gasteiger partial charge is 0.472 e. The van der Waals surface area contributed by atoms with E-state index in [1.54, 1.807) is 40.3 Å². The third-order valence-corrected chi connectivity index (χ3v) is 3.39. The Bertz CT molecular complexity index is 614. The number of carbonyl (C=O) groups excluding carboxylic acids is 1. The van der Waals surface area contributed by atoms with E-state index in [1.807, 2.05) is 6.92 Å². The molecule has 2 aromatic heterocycles. The van der Waals surface area contributed by atoms with Crippen LogP contribution in [0.15, 0.2) is 30.7 Å². The number of aromatic nitrogens is 4. The molecule has 7 heteroatoms. The first kappa shape index (κ1) is 13.5. The van der Waals surface area contributed by atoms with Crippen molar-refractivity contribution >= 4 is 5.91 Å². The highest BCUT2D eigenvalue weighted by Crippen LogP contribution is 2.16. The summed E-state index contributed by atoms with van der Waals surface area (Å²) in [5.74, 6) is 1.30. The van der Waals surface area contributed by atoms with Crippen molar-refractivity contribution in [2.75, 3.05) is 13.1 Å². The smallest absolute Gasteiger partial charge is 0.244 e. The van der Waals surface area contributed by atoms with Crippen molar-refractivity contribution < 1.29 is 9.53 Å². The number of amides is 1. The van der Waals surface area contributed by atoms with Crippen LogP contribution in [0, 0.1) is 6.92 Å². The first-order valence-electron chi connectivity index (χ1n) is 6.92. The van der Waals surface area contributed by atoms with Crippen LogP contribution in [0.4, 0.5) is 0 Å². The third-order valence-electron chi connectivity index (χ3n) is 3.39. The molecule has 7 nitrogen and oxygen atoms in total. The summed E-state index contributed by atoms with van der Waals surface area (Å²) >= 11 is 0. The van der Waals surface area contributed by atoms with Crippen molar-refractivity contribution in [3.05, 3.63) is 36.5 Å². The molecule has 0 N–H and O–H groups in total. The molecule has 0 aliphatic carbocycles. The van der Waals surface area contributed by atoms with Gasteiger partial charge in [-0.3, -0.25) is 9.48 Å². The maximum atomic E-state index is 12.1. The predicted molar refractivity (Wildman–Crippen MR) is 74.6 cm³/mol. The van der Waals surface area contributed by atoms with E-state index in [0.717, 1.165) is 6.42 Å². The van der Waals surface area contributed by atoms with Crippen molar-refractivity contribution in [3.8, 4) is 5.88 Å². The number of aryl methyl sites for hydroxylation is 1. The lowest BCUT2D eigenvalue weighted by Gasteiger charge is -2.17. The van der Waals surface area contributed by atoms with Gasteiger partial charge >= 0.3 is 0 Å². The third kappa shape index (κ3) is 3.36. The van der Waals surface area contributed by atoms with Crippen LogP contribution in [-0.2, 0) is 11.3 Å². The number of likely N-dealkylation sites (tertiary alicyclic amines) is 1. The molecule has 1 unspecified atom stereocenters. The van der Waals surface area contributed by atoms with Crippen molar-refractivity contribution in [3.63, 3.8) is 0 Å². The van der Waals surface area contributed by atoms with Crippen molar-refractivity contribution in [1.29, 1.82) is 0 Å². The maximum Gasteiger partial charge on any atom is 0.244 e. The van der Waals surface area contributed by atoms with Gasteiger partial charge in [0.2, 0.25) is 11.8 Å². The average Bonchev–Trinajstić information content (AvgIpc) is 3.10. The Morgan fingerprint density at radius 3 is 3.14 bits per heavy atom. The highest BCUT2D eigenvalue weighted by atomic mass is 16.5.